The third kappa shape index (κ3) is 3.07. The first-order valence-corrected chi connectivity index (χ1v) is 6.85. The summed E-state index contributed by atoms with van der Waals surface area (Å²) in [6.07, 6.45) is 0. The van der Waals surface area contributed by atoms with Gasteiger partial charge in [-0.05, 0) is 36.2 Å². The maximum absolute atomic E-state index is 14.0. The predicted molar refractivity (Wildman–Crippen MR) is 80.3 cm³/mol. The molecule has 0 radical (unpaired) electrons. The fraction of sp³-hybridized carbons (Fsp3) is 0.125. The summed E-state index contributed by atoms with van der Waals surface area (Å²) in [5.41, 5.74) is 0.543. The largest absolute Gasteiger partial charge is 0.292 e. The van der Waals surface area contributed by atoms with Gasteiger partial charge < -0.3 is 0 Å². The molecule has 0 aliphatic rings. The monoisotopic (exact) mass is 321 g/mol. The molecule has 0 heterocycles. The zero-order valence-corrected chi connectivity index (χ0v) is 12.5. The second kappa shape index (κ2) is 6.26. The van der Waals surface area contributed by atoms with E-state index in [2.05, 4.69) is 0 Å². The molecule has 106 valence electrons. The Bertz CT molecular complexity index is 752. The summed E-state index contributed by atoms with van der Waals surface area (Å²) < 4.78 is 14.0. The van der Waals surface area contributed by atoms with E-state index in [-0.39, 0.29) is 10.6 Å². The van der Waals surface area contributed by atoms with Gasteiger partial charge in [-0.3, -0.25) is 4.79 Å². The standard InChI is InChI=1S/C16H10Cl2FNO/c1-9-3-2-4-12(15(9)19)16(21)13(8-20)11-6-5-10(17)7-14(11)18/h2-7,13H,1H3. The van der Waals surface area contributed by atoms with Crippen molar-refractivity contribution in [1.29, 1.82) is 5.26 Å². The summed E-state index contributed by atoms with van der Waals surface area (Å²) in [4.78, 5) is 12.4. The summed E-state index contributed by atoms with van der Waals surface area (Å²) in [5, 5.41) is 9.88. The Morgan fingerprint density at radius 3 is 2.62 bits per heavy atom. The minimum Gasteiger partial charge on any atom is -0.292 e. The number of ketones is 1. The van der Waals surface area contributed by atoms with E-state index in [4.69, 9.17) is 23.2 Å². The van der Waals surface area contributed by atoms with Crippen LogP contribution in [-0.4, -0.2) is 5.78 Å². The van der Waals surface area contributed by atoms with Crippen LogP contribution in [0.15, 0.2) is 36.4 Å². The molecule has 0 amide bonds. The van der Waals surface area contributed by atoms with Crippen molar-refractivity contribution < 1.29 is 9.18 Å². The SMILES string of the molecule is Cc1cccc(C(=O)C(C#N)c2ccc(Cl)cc2Cl)c1F. The Kier molecular flexibility index (Phi) is 4.62. The number of aryl methyl sites for hydroxylation is 1. The number of carbonyl (C=O) groups excluding carboxylic acids is 1. The van der Waals surface area contributed by atoms with Gasteiger partial charge in [0.25, 0.3) is 0 Å². The molecule has 0 N–H and O–H groups in total. The van der Waals surface area contributed by atoms with Gasteiger partial charge in [-0.1, -0.05) is 41.4 Å². The average Bonchev–Trinajstić information content (AvgIpc) is 2.44. The fourth-order valence-electron chi connectivity index (χ4n) is 2.00. The van der Waals surface area contributed by atoms with E-state index in [1.807, 2.05) is 6.07 Å². The minimum atomic E-state index is -1.17. The van der Waals surface area contributed by atoms with Crippen molar-refractivity contribution in [2.24, 2.45) is 0 Å². The number of hydrogen-bond acceptors (Lipinski definition) is 2. The molecule has 0 saturated heterocycles. The summed E-state index contributed by atoms with van der Waals surface area (Å²) in [6.45, 7) is 1.56. The lowest BCUT2D eigenvalue weighted by Crippen LogP contribution is -2.14. The number of carbonyl (C=O) groups is 1. The molecule has 0 fully saturated rings. The van der Waals surface area contributed by atoms with Gasteiger partial charge in [0.2, 0.25) is 0 Å². The smallest absolute Gasteiger partial charge is 0.187 e. The van der Waals surface area contributed by atoms with Crippen LogP contribution in [0.3, 0.4) is 0 Å². The normalized spacial score (nSPS) is 11.8. The number of benzene rings is 2. The topological polar surface area (TPSA) is 40.9 Å². The average molecular weight is 322 g/mol. The minimum absolute atomic E-state index is 0.118. The van der Waals surface area contributed by atoms with Crippen molar-refractivity contribution in [2.75, 3.05) is 0 Å². The maximum atomic E-state index is 14.0. The first-order valence-electron chi connectivity index (χ1n) is 6.09. The van der Waals surface area contributed by atoms with Crippen molar-refractivity contribution in [1.82, 2.24) is 0 Å². The predicted octanol–water partition coefficient (Wildman–Crippen LogP) is 4.93. The number of Topliss-reactive ketones (excluding diaryl/α,β-unsaturated/α-hetero) is 1. The second-order valence-corrected chi connectivity index (χ2v) is 5.37. The number of halogens is 3. The number of nitrogens with zero attached hydrogens (tertiary/aromatic N) is 1. The fourth-order valence-corrected chi connectivity index (χ4v) is 2.52. The molecular weight excluding hydrogens is 312 g/mol. The van der Waals surface area contributed by atoms with Crippen LogP contribution in [-0.2, 0) is 0 Å². The number of rotatable bonds is 3. The molecular formula is C16H10Cl2FNO. The van der Waals surface area contributed by atoms with Crippen molar-refractivity contribution in [3.05, 3.63) is 69.0 Å². The van der Waals surface area contributed by atoms with Crippen LogP contribution in [0, 0.1) is 24.1 Å². The molecule has 2 nitrogen and oxygen atoms in total. The molecule has 1 unspecified atom stereocenters. The molecule has 5 heteroatoms. The van der Waals surface area contributed by atoms with Crippen molar-refractivity contribution in [3.8, 4) is 6.07 Å². The Hall–Kier alpha value is -1.89. The van der Waals surface area contributed by atoms with Gasteiger partial charge in [-0.15, -0.1) is 0 Å². The van der Waals surface area contributed by atoms with Crippen molar-refractivity contribution >= 4 is 29.0 Å². The molecule has 0 aromatic heterocycles. The van der Waals surface area contributed by atoms with E-state index < -0.39 is 17.5 Å². The quantitative estimate of drug-likeness (QED) is 0.752. The van der Waals surface area contributed by atoms with Gasteiger partial charge in [-0.25, -0.2) is 4.39 Å². The summed E-state index contributed by atoms with van der Waals surface area (Å²) in [6, 6.07) is 10.9. The van der Waals surface area contributed by atoms with Crippen LogP contribution in [0.25, 0.3) is 0 Å². The summed E-state index contributed by atoms with van der Waals surface area (Å²) >= 11 is 11.8. The zero-order chi connectivity index (χ0) is 15.6. The lowest BCUT2D eigenvalue weighted by molar-refractivity contribution is 0.0975. The molecule has 2 rings (SSSR count). The van der Waals surface area contributed by atoms with Crippen LogP contribution in [0.4, 0.5) is 4.39 Å². The van der Waals surface area contributed by atoms with Crippen LogP contribution in [0.5, 0.6) is 0 Å². The summed E-state index contributed by atoms with van der Waals surface area (Å²) in [5.74, 6) is -2.41. The molecule has 2 aromatic carbocycles. The van der Waals surface area contributed by atoms with E-state index >= 15 is 0 Å². The van der Waals surface area contributed by atoms with Crippen molar-refractivity contribution in [3.63, 3.8) is 0 Å². The van der Waals surface area contributed by atoms with E-state index in [9.17, 15) is 14.4 Å². The number of hydrogen-bond donors (Lipinski definition) is 0. The highest BCUT2D eigenvalue weighted by Gasteiger charge is 2.26. The highest BCUT2D eigenvalue weighted by molar-refractivity contribution is 6.35. The zero-order valence-electron chi connectivity index (χ0n) is 11.0. The Balaban J connectivity index is 2.49. The third-order valence-corrected chi connectivity index (χ3v) is 3.68. The van der Waals surface area contributed by atoms with Crippen LogP contribution < -0.4 is 0 Å². The Labute approximate surface area is 131 Å². The van der Waals surface area contributed by atoms with E-state index in [1.165, 1.54) is 24.3 Å². The van der Waals surface area contributed by atoms with Gasteiger partial charge in [0.05, 0.1) is 11.6 Å². The lowest BCUT2D eigenvalue weighted by Gasteiger charge is -2.12. The van der Waals surface area contributed by atoms with Crippen LogP contribution in [0.1, 0.15) is 27.4 Å². The van der Waals surface area contributed by atoms with Gasteiger partial charge in [-0.2, -0.15) is 5.26 Å². The van der Waals surface area contributed by atoms with Gasteiger partial charge >= 0.3 is 0 Å². The second-order valence-electron chi connectivity index (χ2n) is 4.53. The lowest BCUT2D eigenvalue weighted by atomic mass is 9.91. The van der Waals surface area contributed by atoms with Gasteiger partial charge in [0, 0.05) is 10.0 Å². The van der Waals surface area contributed by atoms with E-state index in [0.717, 1.165) is 0 Å². The van der Waals surface area contributed by atoms with E-state index in [1.54, 1.807) is 19.1 Å². The Morgan fingerprint density at radius 1 is 1.29 bits per heavy atom. The van der Waals surface area contributed by atoms with Crippen molar-refractivity contribution in [2.45, 2.75) is 12.8 Å². The maximum Gasteiger partial charge on any atom is 0.187 e. The van der Waals surface area contributed by atoms with Crippen LogP contribution >= 0.6 is 23.2 Å². The highest BCUT2D eigenvalue weighted by atomic mass is 35.5. The Morgan fingerprint density at radius 2 is 2.00 bits per heavy atom. The molecule has 1 atom stereocenters. The third-order valence-electron chi connectivity index (χ3n) is 3.12. The van der Waals surface area contributed by atoms with E-state index in [0.29, 0.717) is 16.1 Å². The molecule has 0 aliphatic carbocycles. The van der Waals surface area contributed by atoms with Gasteiger partial charge in [0.1, 0.15) is 11.7 Å². The molecule has 0 spiro atoms. The molecule has 2 aromatic rings. The van der Waals surface area contributed by atoms with Gasteiger partial charge in [0.15, 0.2) is 5.78 Å². The summed E-state index contributed by atoms with van der Waals surface area (Å²) in [7, 11) is 0. The first-order chi connectivity index (χ1) is 9.95. The molecule has 0 saturated carbocycles. The van der Waals surface area contributed by atoms with Crippen LogP contribution in [0.2, 0.25) is 10.0 Å². The highest BCUT2D eigenvalue weighted by Crippen LogP contribution is 2.30. The molecule has 0 bridgehead atoms. The molecule has 21 heavy (non-hydrogen) atoms. The molecule has 0 aliphatic heterocycles. The number of nitriles is 1. The first kappa shape index (κ1) is 15.5.